The van der Waals surface area contributed by atoms with E-state index in [0.29, 0.717) is 10.8 Å². The van der Waals surface area contributed by atoms with Gasteiger partial charge < -0.3 is 5.11 Å². The van der Waals surface area contributed by atoms with E-state index in [1.54, 1.807) is 12.1 Å². The maximum Gasteiger partial charge on any atom is 0.335 e. The highest BCUT2D eigenvalue weighted by Crippen LogP contribution is 2.33. The number of benzene rings is 4. The van der Waals surface area contributed by atoms with Crippen LogP contribution >= 0.6 is 0 Å². The first-order chi connectivity index (χ1) is 12.8. The molecule has 0 atom stereocenters. The lowest BCUT2D eigenvalue weighted by Crippen LogP contribution is -1.97. The summed E-state index contributed by atoms with van der Waals surface area (Å²) in [5.74, 6) is -1.65. The van der Waals surface area contributed by atoms with E-state index < -0.39 is 11.8 Å². The number of aryl methyl sites for hydroxylation is 3. The molecule has 0 spiro atoms. The monoisotopic (exact) mass is 358 g/mol. The van der Waals surface area contributed by atoms with Crippen molar-refractivity contribution >= 4 is 27.5 Å². The number of carboxylic acids is 1. The summed E-state index contributed by atoms with van der Waals surface area (Å²) < 4.78 is 14.5. The Balaban J connectivity index is 1.95. The maximum atomic E-state index is 14.5. The molecule has 0 bridgehead atoms. The highest BCUT2D eigenvalue weighted by atomic mass is 19.1. The van der Waals surface area contributed by atoms with Gasteiger partial charge in [-0.2, -0.15) is 0 Å². The third kappa shape index (κ3) is 2.85. The van der Waals surface area contributed by atoms with Gasteiger partial charge in [0, 0.05) is 5.39 Å². The van der Waals surface area contributed by atoms with Crippen LogP contribution in [-0.4, -0.2) is 11.1 Å². The Morgan fingerprint density at radius 1 is 0.815 bits per heavy atom. The largest absolute Gasteiger partial charge is 0.478 e. The molecule has 0 saturated heterocycles. The summed E-state index contributed by atoms with van der Waals surface area (Å²) in [5, 5.41) is 12.5. The van der Waals surface area contributed by atoms with Crippen LogP contribution in [0.15, 0.2) is 54.6 Å². The molecule has 4 rings (SSSR count). The number of carboxylic acid groups (broad SMARTS) is 1. The van der Waals surface area contributed by atoms with Gasteiger partial charge in [0.2, 0.25) is 0 Å². The van der Waals surface area contributed by atoms with Crippen molar-refractivity contribution in [2.75, 3.05) is 0 Å². The van der Waals surface area contributed by atoms with Crippen LogP contribution in [0.1, 0.15) is 27.0 Å². The molecule has 0 heterocycles. The minimum Gasteiger partial charge on any atom is -0.478 e. The van der Waals surface area contributed by atoms with Gasteiger partial charge in [-0.25, -0.2) is 9.18 Å². The van der Waals surface area contributed by atoms with E-state index in [2.05, 4.69) is 45.0 Å². The van der Waals surface area contributed by atoms with Gasteiger partial charge in [-0.1, -0.05) is 30.3 Å². The van der Waals surface area contributed by atoms with Crippen LogP contribution < -0.4 is 0 Å². The molecule has 0 unspecified atom stereocenters. The number of rotatable bonds is 2. The Bertz CT molecular complexity index is 1240. The van der Waals surface area contributed by atoms with E-state index in [1.807, 2.05) is 6.07 Å². The third-order valence-electron chi connectivity index (χ3n) is 5.37. The summed E-state index contributed by atoms with van der Waals surface area (Å²) in [7, 11) is 0. The lowest BCUT2D eigenvalue weighted by Gasteiger charge is -2.13. The van der Waals surface area contributed by atoms with Gasteiger partial charge in [-0.05, 0) is 89.0 Å². The number of carbonyl (C=O) groups is 1. The quantitative estimate of drug-likeness (QED) is 0.449. The molecule has 0 aliphatic carbocycles. The van der Waals surface area contributed by atoms with Crippen molar-refractivity contribution in [3.8, 4) is 11.1 Å². The normalized spacial score (nSPS) is 11.3. The first kappa shape index (κ1) is 17.2. The summed E-state index contributed by atoms with van der Waals surface area (Å²) in [4.78, 5) is 11.1. The van der Waals surface area contributed by atoms with Gasteiger partial charge in [-0.3, -0.25) is 0 Å². The Morgan fingerprint density at radius 2 is 1.52 bits per heavy atom. The fraction of sp³-hybridized carbons (Fsp3) is 0.125. The van der Waals surface area contributed by atoms with Crippen LogP contribution in [0.5, 0.6) is 0 Å². The van der Waals surface area contributed by atoms with Gasteiger partial charge >= 0.3 is 5.97 Å². The second kappa shape index (κ2) is 6.20. The van der Waals surface area contributed by atoms with Gasteiger partial charge in [0.15, 0.2) is 0 Å². The van der Waals surface area contributed by atoms with Crippen LogP contribution in [0.2, 0.25) is 0 Å². The number of hydrogen-bond acceptors (Lipinski definition) is 1. The SMILES string of the molecule is Cc1cc2ccc(C)c(C)c2cc1-c1ccc2cc(C(=O)O)cc(F)c2c1. The third-order valence-corrected chi connectivity index (χ3v) is 5.37. The summed E-state index contributed by atoms with van der Waals surface area (Å²) in [6.07, 6.45) is 0. The van der Waals surface area contributed by atoms with Crippen molar-refractivity contribution in [3.63, 3.8) is 0 Å². The minimum atomic E-state index is -1.13. The number of fused-ring (bicyclic) bond motifs is 2. The summed E-state index contributed by atoms with van der Waals surface area (Å²) >= 11 is 0. The predicted molar refractivity (Wildman–Crippen MR) is 108 cm³/mol. The van der Waals surface area contributed by atoms with Crippen molar-refractivity contribution in [2.45, 2.75) is 20.8 Å². The molecule has 0 fully saturated rings. The van der Waals surface area contributed by atoms with E-state index in [1.165, 1.54) is 28.0 Å². The van der Waals surface area contributed by atoms with Crippen molar-refractivity contribution < 1.29 is 14.3 Å². The molecule has 0 amide bonds. The minimum absolute atomic E-state index is 0.0410. The van der Waals surface area contributed by atoms with Gasteiger partial charge in [0.05, 0.1) is 5.56 Å². The Morgan fingerprint density at radius 3 is 2.26 bits per heavy atom. The molecule has 3 heteroatoms. The van der Waals surface area contributed by atoms with E-state index >= 15 is 0 Å². The molecule has 0 aromatic heterocycles. The second-order valence-corrected chi connectivity index (χ2v) is 7.09. The van der Waals surface area contributed by atoms with Crippen LogP contribution in [0.25, 0.3) is 32.7 Å². The Labute approximate surface area is 156 Å². The zero-order valence-electron chi connectivity index (χ0n) is 15.4. The molecule has 4 aromatic carbocycles. The maximum absolute atomic E-state index is 14.5. The predicted octanol–water partition coefficient (Wildman–Crippen LogP) is 6.42. The van der Waals surface area contributed by atoms with E-state index in [0.717, 1.165) is 22.8 Å². The smallest absolute Gasteiger partial charge is 0.335 e. The lowest BCUT2D eigenvalue weighted by atomic mass is 9.92. The average molecular weight is 358 g/mol. The Hall–Kier alpha value is -3.20. The molecular formula is C24H19FO2. The molecule has 0 aliphatic heterocycles. The van der Waals surface area contributed by atoms with Crippen LogP contribution in [0.3, 0.4) is 0 Å². The van der Waals surface area contributed by atoms with E-state index in [9.17, 15) is 9.18 Å². The molecular weight excluding hydrogens is 339 g/mol. The highest BCUT2D eigenvalue weighted by Gasteiger charge is 2.12. The summed E-state index contributed by atoms with van der Waals surface area (Å²) in [6, 6.07) is 16.7. The first-order valence-electron chi connectivity index (χ1n) is 8.82. The van der Waals surface area contributed by atoms with E-state index in [-0.39, 0.29) is 5.56 Å². The van der Waals surface area contributed by atoms with Gasteiger partial charge in [0.1, 0.15) is 5.82 Å². The lowest BCUT2D eigenvalue weighted by molar-refractivity contribution is 0.0696. The fourth-order valence-electron chi connectivity index (χ4n) is 3.66. The zero-order chi connectivity index (χ0) is 19.3. The second-order valence-electron chi connectivity index (χ2n) is 7.09. The molecule has 0 aliphatic rings. The summed E-state index contributed by atoms with van der Waals surface area (Å²) in [6.45, 7) is 6.27. The van der Waals surface area contributed by atoms with Crippen molar-refractivity contribution in [1.82, 2.24) is 0 Å². The molecule has 0 saturated carbocycles. The van der Waals surface area contributed by atoms with Crippen molar-refractivity contribution in [3.05, 3.63) is 82.7 Å². The fourth-order valence-corrected chi connectivity index (χ4v) is 3.66. The number of halogens is 1. The van der Waals surface area contributed by atoms with Crippen molar-refractivity contribution in [1.29, 1.82) is 0 Å². The first-order valence-corrected chi connectivity index (χ1v) is 8.82. The van der Waals surface area contributed by atoms with Crippen LogP contribution in [0.4, 0.5) is 4.39 Å². The van der Waals surface area contributed by atoms with Crippen LogP contribution in [-0.2, 0) is 0 Å². The molecule has 134 valence electrons. The van der Waals surface area contributed by atoms with E-state index in [4.69, 9.17) is 5.11 Å². The number of aromatic carboxylic acids is 1. The van der Waals surface area contributed by atoms with Crippen LogP contribution in [0, 0.1) is 26.6 Å². The Kier molecular flexibility index (Phi) is 3.96. The molecule has 4 aromatic rings. The number of hydrogen-bond donors (Lipinski definition) is 1. The zero-order valence-corrected chi connectivity index (χ0v) is 15.4. The topological polar surface area (TPSA) is 37.3 Å². The highest BCUT2D eigenvalue weighted by molar-refractivity contribution is 5.97. The molecule has 27 heavy (non-hydrogen) atoms. The summed E-state index contributed by atoms with van der Waals surface area (Å²) in [5.41, 5.74) is 5.54. The average Bonchev–Trinajstić information content (AvgIpc) is 2.64. The molecule has 1 N–H and O–H groups in total. The molecule has 0 radical (unpaired) electrons. The molecule has 2 nitrogen and oxygen atoms in total. The van der Waals surface area contributed by atoms with Gasteiger partial charge in [-0.15, -0.1) is 0 Å². The van der Waals surface area contributed by atoms with Crippen molar-refractivity contribution in [2.24, 2.45) is 0 Å². The standard InChI is InChI=1S/C24H19FO2/c1-13-4-5-16-8-14(2)20(12-21(16)15(13)3)18-7-6-17-9-19(24(26)27)11-23(25)22(17)10-18/h4-12H,1-3H3,(H,26,27). The van der Waals surface area contributed by atoms with Gasteiger partial charge in [0.25, 0.3) is 0 Å².